The third-order valence-electron chi connectivity index (χ3n) is 3.01. The number of carbonyl (C=O) groups excluding carboxylic acids is 1. The molecule has 1 aromatic rings. The maximum atomic E-state index is 12.2. The highest BCUT2D eigenvalue weighted by Crippen LogP contribution is 2.18. The van der Waals surface area contributed by atoms with E-state index in [1.807, 2.05) is 39.0 Å². The molecule has 19 heavy (non-hydrogen) atoms. The second-order valence-corrected chi connectivity index (χ2v) is 4.67. The van der Waals surface area contributed by atoms with Crippen molar-refractivity contribution in [1.82, 2.24) is 0 Å². The smallest absolute Gasteiger partial charge is 0.235 e. The zero-order valence-electron chi connectivity index (χ0n) is 11.6. The van der Waals surface area contributed by atoms with E-state index in [0.717, 1.165) is 23.2 Å². The van der Waals surface area contributed by atoms with E-state index in [2.05, 4.69) is 10.5 Å². The number of amides is 1. The summed E-state index contributed by atoms with van der Waals surface area (Å²) >= 11 is 0. The molecule has 0 aliphatic carbocycles. The molecule has 0 aliphatic rings. The van der Waals surface area contributed by atoms with Gasteiger partial charge in [-0.25, -0.2) is 0 Å². The van der Waals surface area contributed by atoms with Gasteiger partial charge in [-0.05, 0) is 31.9 Å². The second-order valence-electron chi connectivity index (χ2n) is 4.67. The highest BCUT2D eigenvalue weighted by molar-refractivity contribution is 6.07. The molecule has 1 unspecified atom stereocenters. The molecular weight excluding hydrogens is 242 g/mol. The summed E-state index contributed by atoms with van der Waals surface area (Å²) in [7, 11) is 0. The van der Waals surface area contributed by atoms with Crippen LogP contribution < -0.4 is 11.1 Å². The molecule has 0 saturated carbocycles. The van der Waals surface area contributed by atoms with Gasteiger partial charge in [0, 0.05) is 5.69 Å². The maximum Gasteiger partial charge on any atom is 0.235 e. The summed E-state index contributed by atoms with van der Waals surface area (Å²) in [5, 5.41) is 14.5. The average Bonchev–Trinajstić information content (AvgIpc) is 2.38. The van der Waals surface area contributed by atoms with Crippen molar-refractivity contribution >= 4 is 17.4 Å². The fourth-order valence-corrected chi connectivity index (χ4v) is 1.95. The second kappa shape index (κ2) is 6.78. The molecule has 5 heteroatoms. The Morgan fingerprint density at radius 1 is 1.47 bits per heavy atom. The van der Waals surface area contributed by atoms with E-state index in [9.17, 15) is 4.79 Å². The summed E-state index contributed by atoms with van der Waals surface area (Å²) in [5.74, 6) is -0.899. The van der Waals surface area contributed by atoms with Gasteiger partial charge in [-0.3, -0.25) is 4.79 Å². The molecule has 0 bridgehead atoms. The molecule has 0 saturated heterocycles. The van der Waals surface area contributed by atoms with Crippen LogP contribution in [0.15, 0.2) is 23.4 Å². The van der Waals surface area contributed by atoms with E-state index in [-0.39, 0.29) is 11.7 Å². The minimum absolute atomic E-state index is 0.0517. The number of anilines is 1. The van der Waals surface area contributed by atoms with Gasteiger partial charge < -0.3 is 16.3 Å². The first-order valence-electron chi connectivity index (χ1n) is 6.35. The van der Waals surface area contributed by atoms with E-state index in [4.69, 9.17) is 10.9 Å². The van der Waals surface area contributed by atoms with Gasteiger partial charge in [0.15, 0.2) is 5.84 Å². The number of oxime groups is 1. The van der Waals surface area contributed by atoms with Crippen LogP contribution >= 0.6 is 0 Å². The van der Waals surface area contributed by atoms with Crippen LogP contribution in [0, 0.1) is 19.8 Å². The van der Waals surface area contributed by atoms with Crippen molar-refractivity contribution in [3.8, 4) is 0 Å². The minimum atomic E-state index is -0.601. The first-order valence-corrected chi connectivity index (χ1v) is 6.35. The van der Waals surface area contributed by atoms with E-state index >= 15 is 0 Å². The summed E-state index contributed by atoms with van der Waals surface area (Å²) < 4.78 is 0. The molecule has 0 aliphatic heterocycles. The molecule has 1 rings (SSSR count). The highest BCUT2D eigenvalue weighted by atomic mass is 16.4. The molecule has 0 heterocycles. The Morgan fingerprint density at radius 2 is 2.16 bits per heavy atom. The summed E-state index contributed by atoms with van der Waals surface area (Å²) in [5.41, 5.74) is 8.44. The summed E-state index contributed by atoms with van der Waals surface area (Å²) in [6, 6.07) is 5.78. The predicted octanol–water partition coefficient (Wildman–Crippen LogP) is 2.40. The van der Waals surface area contributed by atoms with Crippen LogP contribution in [0.5, 0.6) is 0 Å². The Kier molecular flexibility index (Phi) is 5.36. The van der Waals surface area contributed by atoms with Gasteiger partial charge in [0.25, 0.3) is 0 Å². The maximum absolute atomic E-state index is 12.2. The van der Waals surface area contributed by atoms with Crippen molar-refractivity contribution in [2.45, 2.75) is 33.6 Å². The lowest BCUT2D eigenvalue weighted by Crippen LogP contribution is -2.34. The van der Waals surface area contributed by atoms with Crippen molar-refractivity contribution in [1.29, 1.82) is 0 Å². The largest absolute Gasteiger partial charge is 0.409 e. The van der Waals surface area contributed by atoms with Crippen molar-refractivity contribution < 1.29 is 10.0 Å². The normalized spacial score (nSPS) is 13.1. The SMILES string of the molecule is CCCC(C(=O)Nc1ccc(C)cc1C)C(N)=NO. The van der Waals surface area contributed by atoms with Crippen molar-refractivity contribution in [2.75, 3.05) is 5.32 Å². The topological polar surface area (TPSA) is 87.7 Å². The number of nitrogens with two attached hydrogens (primary N) is 1. The number of rotatable bonds is 5. The monoisotopic (exact) mass is 263 g/mol. The van der Waals surface area contributed by atoms with Gasteiger partial charge in [-0.2, -0.15) is 0 Å². The number of nitrogens with zero attached hydrogens (tertiary/aromatic N) is 1. The summed E-state index contributed by atoms with van der Waals surface area (Å²) in [4.78, 5) is 12.2. The van der Waals surface area contributed by atoms with Gasteiger partial charge in [-0.15, -0.1) is 0 Å². The lowest BCUT2D eigenvalue weighted by Gasteiger charge is -2.16. The van der Waals surface area contributed by atoms with Crippen LogP contribution in [0.3, 0.4) is 0 Å². The van der Waals surface area contributed by atoms with Gasteiger partial charge in [-0.1, -0.05) is 36.2 Å². The first-order chi connectivity index (χ1) is 8.99. The van der Waals surface area contributed by atoms with Gasteiger partial charge >= 0.3 is 0 Å². The van der Waals surface area contributed by atoms with E-state index in [1.165, 1.54) is 0 Å². The van der Waals surface area contributed by atoms with E-state index < -0.39 is 5.92 Å². The van der Waals surface area contributed by atoms with Crippen molar-refractivity contribution in [3.05, 3.63) is 29.3 Å². The van der Waals surface area contributed by atoms with E-state index in [0.29, 0.717) is 6.42 Å². The Bertz CT molecular complexity index is 484. The van der Waals surface area contributed by atoms with Crippen LogP contribution in [0.1, 0.15) is 30.9 Å². The molecule has 4 N–H and O–H groups in total. The lowest BCUT2D eigenvalue weighted by atomic mass is 10.0. The molecule has 0 aromatic heterocycles. The van der Waals surface area contributed by atoms with Crippen LogP contribution in [-0.2, 0) is 4.79 Å². The van der Waals surface area contributed by atoms with E-state index in [1.54, 1.807) is 0 Å². The number of hydrogen-bond acceptors (Lipinski definition) is 3. The average molecular weight is 263 g/mol. The molecule has 5 nitrogen and oxygen atoms in total. The summed E-state index contributed by atoms with van der Waals surface area (Å²) in [6.45, 7) is 5.87. The number of amidine groups is 1. The van der Waals surface area contributed by atoms with Crippen molar-refractivity contribution in [3.63, 3.8) is 0 Å². The Labute approximate surface area is 113 Å². The molecule has 1 aromatic carbocycles. The molecule has 1 amide bonds. The number of nitrogens with one attached hydrogen (secondary N) is 1. The number of aryl methyl sites for hydroxylation is 2. The molecular formula is C14H21N3O2. The molecule has 0 radical (unpaired) electrons. The standard InChI is InChI=1S/C14H21N3O2/c1-4-5-11(13(15)17-19)14(18)16-12-7-6-9(2)8-10(12)3/h6-8,11,19H,4-5H2,1-3H3,(H2,15,17)(H,16,18). The predicted molar refractivity (Wildman–Crippen MR) is 76.4 cm³/mol. The zero-order chi connectivity index (χ0) is 14.4. The fraction of sp³-hybridized carbons (Fsp3) is 0.429. The molecule has 104 valence electrons. The van der Waals surface area contributed by atoms with Gasteiger partial charge in [0.05, 0.1) is 5.92 Å². The number of hydrogen-bond donors (Lipinski definition) is 3. The highest BCUT2D eigenvalue weighted by Gasteiger charge is 2.22. The number of carbonyl (C=O) groups is 1. The number of benzene rings is 1. The van der Waals surface area contributed by atoms with Crippen LogP contribution in [0.25, 0.3) is 0 Å². The van der Waals surface area contributed by atoms with Crippen LogP contribution in [-0.4, -0.2) is 17.0 Å². The third kappa shape index (κ3) is 3.98. The first kappa shape index (κ1) is 15.0. The third-order valence-corrected chi connectivity index (χ3v) is 3.01. The van der Waals surface area contributed by atoms with Gasteiger partial charge in [0.1, 0.15) is 0 Å². The summed E-state index contributed by atoms with van der Waals surface area (Å²) in [6.07, 6.45) is 1.33. The van der Waals surface area contributed by atoms with Crippen molar-refractivity contribution in [2.24, 2.45) is 16.8 Å². The Morgan fingerprint density at radius 3 is 2.68 bits per heavy atom. The molecule has 1 atom stereocenters. The van der Waals surface area contributed by atoms with Crippen LogP contribution in [0.2, 0.25) is 0 Å². The fourth-order valence-electron chi connectivity index (χ4n) is 1.95. The molecule has 0 fully saturated rings. The van der Waals surface area contributed by atoms with Crippen LogP contribution in [0.4, 0.5) is 5.69 Å². The molecule has 0 spiro atoms. The minimum Gasteiger partial charge on any atom is -0.409 e. The zero-order valence-corrected chi connectivity index (χ0v) is 11.6. The quantitative estimate of drug-likeness (QED) is 0.330. The van der Waals surface area contributed by atoms with Gasteiger partial charge in [0.2, 0.25) is 5.91 Å². The Balaban J connectivity index is 2.87. The lowest BCUT2D eigenvalue weighted by molar-refractivity contribution is -0.118. The Hall–Kier alpha value is -2.04.